The molecule has 1 aromatic heterocycles. The number of halogens is 4. The number of benzene rings is 2. The zero-order valence-corrected chi connectivity index (χ0v) is 17.0. The molecule has 4 rings (SSSR count). The first-order valence-corrected chi connectivity index (χ1v) is 9.99. The summed E-state index contributed by atoms with van der Waals surface area (Å²) < 4.78 is 41.1. The molecule has 0 aliphatic heterocycles. The van der Waals surface area contributed by atoms with Crippen LogP contribution in [-0.2, 0) is 24.1 Å². The largest absolute Gasteiger partial charge is 0.416 e. The van der Waals surface area contributed by atoms with Crippen molar-refractivity contribution >= 4 is 17.5 Å². The van der Waals surface area contributed by atoms with Crippen LogP contribution in [0.5, 0.6) is 0 Å². The van der Waals surface area contributed by atoms with Crippen molar-refractivity contribution in [3.8, 4) is 11.4 Å². The molecule has 162 valence electrons. The SMILES string of the molecule is O=C(Cn1nc(-c2ccccc2Cl)n(C2CC2)c1=O)NCc1cccc(C(F)(F)F)c1. The first kappa shape index (κ1) is 21.2. The number of hydrogen-bond donors (Lipinski definition) is 1. The molecule has 0 unspecified atom stereocenters. The van der Waals surface area contributed by atoms with Gasteiger partial charge in [-0.1, -0.05) is 35.9 Å². The van der Waals surface area contributed by atoms with Crippen LogP contribution in [0.15, 0.2) is 53.3 Å². The highest BCUT2D eigenvalue weighted by molar-refractivity contribution is 6.33. The highest BCUT2D eigenvalue weighted by atomic mass is 35.5. The summed E-state index contributed by atoms with van der Waals surface area (Å²) in [6.07, 6.45) is -2.78. The fourth-order valence-corrected chi connectivity index (χ4v) is 3.48. The van der Waals surface area contributed by atoms with Crippen molar-refractivity contribution in [2.45, 2.75) is 38.1 Å². The molecule has 0 bridgehead atoms. The summed E-state index contributed by atoms with van der Waals surface area (Å²) in [6.45, 7) is -0.451. The molecule has 1 amide bonds. The number of alkyl halides is 3. The van der Waals surface area contributed by atoms with Crippen molar-refractivity contribution in [3.05, 3.63) is 75.2 Å². The Morgan fingerprint density at radius 2 is 1.90 bits per heavy atom. The highest BCUT2D eigenvalue weighted by Gasteiger charge is 2.32. The van der Waals surface area contributed by atoms with Crippen LogP contribution in [0.25, 0.3) is 11.4 Å². The third-order valence-electron chi connectivity index (χ3n) is 4.93. The molecule has 0 radical (unpaired) electrons. The molecule has 1 fully saturated rings. The summed E-state index contributed by atoms with van der Waals surface area (Å²) >= 11 is 6.26. The molecule has 1 saturated carbocycles. The van der Waals surface area contributed by atoms with E-state index in [-0.39, 0.29) is 19.1 Å². The number of nitrogens with one attached hydrogen (secondary N) is 1. The summed E-state index contributed by atoms with van der Waals surface area (Å²) in [4.78, 5) is 25.2. The Bertz CT molecular complexity index is 1180. The van der Waals surface area contributed by atoms with E-state index in [0.29, 0.717) is 22.0 Å². The van der Waals surface area contributed by atoms with Gasteiger partial charge in [-0.2, -0.15) is 13.2 Å². The molecule has 31 heavy (non-hydrogen) atoms. The Labute approximate surface area is 180 Å². The van der Waals surface area contributed by atoms with Gasteiger partial charge in [0, 0.05) is 18.2 Å². The van der Waals surface area contributed by atoms with Gasteiger partial charge in [0.2, 0.25) is 5.91 Å². The average Bonchev–Trinajstić information content (AvgIpc) is 3.51. The number of nitrogens with zero attached hydrogens (tertiary/aromatic N) is 3. The predicted octanol–water partition coefficient (Wildman–Crippen LogP) is 4.04. The lowest BCUT2D eigenvalue weighted by molar-refractivity contribution is -0.137. The maximum atomic E-state index is 12.8. The number of amides is 1. The standard InChI is InChI=1S/C21H18ClF3N4O2/c22-17-7-2-1-6-16(17)19-27-28(20(31)29(19)15-8-9-15)12-18(30)26-11-13-4-3-5-14(10-13)21(23,24)25/h1-7,10,15H,8-9,11-12H2,(H,26,30). The van der Waals surface area contributed by atoms with Crippen molar-refractivity contribution in [3.63, 3.8) is 0 Å². The van der Waals surface area contributed by atoms with Crippen molar-refractivity contribution in [2.75, 3.05) is 0 Å². The maximum Gasteiger partial charge on any atom is 0.416 e. The third-order valence-corrected chi connectivity index (χ3v) is 5.26. The van der Waals surface area contributed by atoms with Crippen molar-refractivity contribution in [1.29, 1.82) is 0 Å². The lowest BCUT2D eigenvalue weighted by Crippen LogP contribution is -2.33. The summed E-state index contributed by atoms with van der Waals surface area (Å²) in [7, 11) is 0. The van der Waals surface area contributed by atoms with E-state index in [1.807, 2.05) is 0 Å². The van der Waals surface area contributed by atoms with Gasteiger partial charge in [-0.05, 0) is 42.7 Å². The van der Waals surface area contributed by atoms with Gasteiger partial charge in [0.25, 0.3) is 0 Å². The molecule has 1 heterocycles. The molecular weight excluding hydrogens is 433 g/mol. The molecule has 1 aliphatic carbocycles. The molecule has 1 N–H and O–H groups in total. The second-order valence-electron chi connectivity index (χ2n) is 7.32. The average molecular weight is 451 g/mol. The fraction of sp³-hybridized carbons (Fsp3) is 0.286. The quantitative estimate of drug-likeness (QED) is 0.616. The molecule has 6 nitrogen and oxygen atoms in total. The molecule has 3 aromatic rings. The predicted molar refractivity (Wildman–Crippen MR) is 108 cm³/mol. The second-order valence-corrected chi connectivity index (χ2v) is 7.73. The van der Waals surface area contributed by atoms with Crippen LogP contribution in [0.1, 0.15) is 30.0 Å². The van der Waals surface area contributed by atoms with Crippen LogP contribution < -0.4 is 11.0 Å². The summed E-state index contributed by atoms with van der Waals surface area (Å²) in [5, 5.41) is 7.29. The van der Waals surface area contributed by atoms with Gasteiger partial charge in [0.15, 0.2) is 5.82 Å². The number of aromatic nitrogens is 3. The van der Waals surface area contributed by atoms with Crippen LogP contribution >= 0.6 is 11.6 Å². The van der Waals surface area contributed by atoms with E-state index in [9.17, 15) is 22.8 Å². The van der Waals surface area contributed by atoms with Gasteiger partial charge < -0.3 is 5.32 Å². The summed E-state index contributed by atoms with van der Waals surface area (Å²) in [5.41, 5.74) is -0.318. The number of hydrogen-bond acceptors (Lipinski definition) is 3. The Kier molecular flexibility index (Phi) is 5.62. The van der Waals surface area contributed by atoms with E-state index < -0.39 is 23.3 Å². The van der Waals surface area contributed by atoms with Crippen LogP contribution in [0, 0.1) is 0 Å². The lowest BCUT2D eigenvalue weighted by Gasteiger charge is -2.09. The first-order chi connectivity index (χ1) is 14.7. The van der Waals surface area contributed by atoms with Gasteiger partial charge in [-0.3, -0.25) is 9.36 Å². The minimum Gasteiger partial charge on any atom is -0.350 e. The van der Waals surface area contributed by atoms with Gasteiger partial charge in [-0.25, -0.2) is 9.48 Å². The van der Waals surface area contributed by atoms with E-state index >= 15 is 0 Å². The lowest BCUT2D eigenvalue weighted by atomic mass is 10.1. The molecule has 0 atom stereocenters. The molecule has 0 saturated heterocycles. The van der Waals surface area contributed by atoms with E-state index in [0.717, 1.165) is 29.7 Å². The normalized spacial score (nSPS) is 13.9. The van der Waals surface area contributed by atoms with E-state index in [1.165, 1.54) is 12.1 Å². The van der Waals surface area contributed by atoms with Gasteiger partial charge in [-0.15, -0.1) is 5.10 Å². The van der Waals surface area contributed by atoms with Gasteiger partial charge >= 0.3 is 11.9 Å². The molecule has 0 spiro atoms. The van der Waals surface area contributed by atoms with Crippen LogP contribution in [0.3, 0.4) is 0 Å². The minimum atomic E-state index is -4.46. The van der Waals surface area contributed by atoms with Crippen LogP contribution in [0.2, 0.25) is 5.02 Å². The van der Waals surface area contributed by atoms with E-state index in [1.54, 1.807) is 28.8 Å². The third kappa shape index (κ3) is 4.66. The molecule has 1 aliphatic rings. The monoisotopic (exact) mass is 450 g/mol. The molecular formula is C21H18ClF3N4O2. The molecule has 10 heteroatoms. The summed E-state index contributed by atoms with van der Waals surface area (Å²) in [5.74, 6) is -0.144. The zero-order chi connectivity index (χ0) is 22.2. The van der Waals surface area contributed by atoms with E-state index in [4.69, 9.17) is 11.6 Å². The number of carbonyl (C=O) groups excluding carboxylic acids is 1. The Balaban J connectivity index is 1.51. The van der Waals surface area contributed by atoms with Crippen LogP contribution in [-0.4, -0.2) is 20.3 Å². The van der Waals surface area contributed by atoms with Crippen LogP contribution in [0.4, 0.5) is 13.2 Å². The smallest absolute Gasteiger partial charge is 0.350 e. The van der Waals surface area contributed by atoms with Crippen molar-refractivity contribution in [2.24, 2.45) is 0 Å². The van der Waals surface area contributed by atoms with Crippen molar-refractivity contribution < 1.29 is 18.0 Å². The van der Waals surface area contributed by atoms with E-state index in [2.05, 4.69) is 10.4 Å². The highest BCUT2D eigenvalue weighted by Crippen LogP contribution is 2.37. The van der Waals surface area contributed by atoms with Gasteiger partial charge in [0.1, 0.15) is 6.54 Å². The fourth-order valence-electron chi connectivity index (χ4n) is 3.26. The Morgan fingerprint density at radius 1 is 1.16 bits per heavy atom. The minimum absolute atomic E-state index is 0.0145. The summed E-state index contributed by atoms with van der Waals surface area (Å²) in [6, 6.07) is 11.7. The maximum absolute atomic E-state index is 12.8. The number of rotatable bonds is 6. The topological polar surface area (TPSA) is 68.9 Å². The second kappa shape index (κ2) is 8.22. The first-order valence-electron chi connectivity index (χ1n) is 9.61. The van der Waals surface area contributed by atoms with Crippen molar-refractivity contribution in [1.82, 2.24) is 19.7 Å². The van der Waals surface area contributed by atoms with Gasteiger partial charge in [0.05, 0.1) is 10.6 Å². The Morgan fingerprint density at radius 3 is 2.58 bits per heavy atom. The molecule has 2 aromatic carbocycles. The zero-order valence-electron chi connectivity index (χ0n) is 16.2. The Hall–Kier alpha value is -3.07. The number of carbonyl (C=O) groups is 1.